The lowest BCUT2D eigenvalue weighted by Gasteiger charge is -2.05. The Kier molecular flexibility index (Phi) is 4.66. The van der Waals surface area contributed by atoms with Crippen molar-refractivity contribution in [1.29, 1.82) is 0 Å². The number of aliphatic hydroxyl groups excluding tert-OH is 1. The van der Waals surface area contributed by atoms with Crippen LogP contribution in [0.4, 0.5) is 0 Å². The summed E-state index contributed by atoms with van der Waals surface area (Å²) in [7, 11) is 0. The molecule has 0 unspecified atom stereocenters. The standard InChI is InChI=1S/C18H22N4O2/c1-12-4-3-5-16-17(12)14(10-20-16)6-7-19-18(24)15-11-22(8-9-23)21-13(15)2/h3-5,10-11,20,23H,6-9H2,1-2H3,(H,19,24). The number of aromatic nitrogens is 3. The number of hydrogen-bond acceptors (Lipinski definition) is 3. The molecule has 0 atom stereocenters. The van der Waals surface area contributed by atoms with Crippen LogP contribution in [0.2, 0.25) is 0 Å². The van der Waals surface area contributed by atoms with E-state index in [1.54, 1.807) is 17.8 Å². The first-order valence-corrected chi connectivity index (χ1v) is 8.09. The molecule has 0 aliphatic carbocycles. The van der Waals surface area contributed by atoms with Crippen LogP contribution in [-0.2, 0) is 13.0 Å². The lowest BCUT2D eigenvalue weighted by Crippen LogP contribution is -2.26. The van der Waals surface area contributed by atoms with Crippen molar-refractivity contribution in [3.05, 3.63) is 53.0 Å². The molecule has 0 radical (unpaired) electrons. The molecule has 0 fully saturated rings. The highest BCUT2D eigenvalue weighted by Gasteiger charge is 2.13. The van der Waals surface area contributed by atoms with E-state index in [2.05, 4.69) is 34.5 Å². The summed E-state index contributed by atoms with van der Waals surface area (Å²) in [5.74, 6) is -0.131. The van der Waals surface area contributed by atoms with Crippen molar-refractivity contribution in [2.24, 2.45) is 0 Å². The molecule has 2 aromatic heterocycles. The highest BCUT2D eigenvalue weighted by Crippen LogP contribution is 2.22. The third kappa shape index (κ3) is 3.19. The number of fused-ring (bicyclic) bond motifs is 1. The summed E-state index contributed by atoms with van der Waals surface area (Å²) in [6.07, 6.45) is 4.45. The molecule has 3 N–H and O–H groups in total. The third-order valence-electron chi connectivity index (χ3n) is 4.20. The maximum Gasteiger partial charge on any atom is 0.254 e. The van der Waals surface area contributed by atoms with Gasteiger partial charge < -0.3 is 15.4 Å². The number of aliphatic hydroxyl groups is 1. The fraction of sp³-hybridized carbons (Fsp3) is 0.333. The lowest BCUT2D eigenvalue weighted by molar-refractivity contribution is 0.0953. The van der Waals surface area contributed by atoms with Crippen molar-refractivity contribution in [2.75, 3.05) is 13.2 Å². The van der Waals surface area contributed by atoms with E-state index in [1.165, 1.54) is 16.5 Å². The molecule has 0 saturated carbocycles. The van der Waals surface area contributed by atoms with E-state index in [0.29, 0.717) is 24.3 Å². The molecule has 0 spiro atoms. The van der Waals surface area contributed by atoms with E-state index in [9.17, 15) is 4.79 Å². The van der Waals surface area contributed by atoms with E-state index in [-0.39, 0.29) is 12.5 Å². The number of benzene rings is 1. The maximum absolute atomic E-state index is 12.3. The molecular formula is C18H22N4O2. The van der Waals surface area contributed by atoms with E-state index in [4.69, 9.17) is 5.11 Å². The maximum atomic E-state index is 12.3. The first-order valence-electron chi connectivity index (χ1n) is 8.09. The van der Waals surface area contributed by atoms with Gasteiger partial charge >= 0.3 is 0 Å². The molecule has 0 aliphatic rings. The minimum atomic E-state index is -0.131. The molecule has 6 nitrogen and oxygen atoms in total. The Morgan fingerprint density at radius 2 is 2.21 bits per heavy atom. The summed E-state index contributed by atoms with van der Waals surface area (Å²) in [4.78, 5) is 15.6. The summed E-state index contributed by atoms with van der Waals surface area (Å²) in [5.41, 5.74) is 4.78. The van der Waals surface area contributed by atoms with Crippen LogP contribution in [0.1, 0.15) is 27.2 Å². The molecule has 6 heteroatoms. The zero-order chi connectivity index (χ0) is 17.1. The molecule has 2 heterocycles. The first kappa shape index (κ1) is 16.3. The van der Waals surface area contributed by atoms with Gasteiger partial charge in [0.15, 0.2) is 0 Å². The molecule has 0 saturated heterocycles. The molecule has 0 bridgehead atoms. The van der Waals surface area contributed by atoms with Gasteiger partial charge in [0, 0.05) is 29.8 Å². The number of carbonyl (C=O) groups is 1. The van der Waals surface area contributed by atoms with Gasteiger partial charge in [0.2, 0.25) is 0 Å². The van der Waals surface area contributed by atoms with Crippen LogP contribution in [0.5, 0.6) is 0 Å². The minimum Gasteiger partial charge on any atom is -0.394 e. The third-order valence-corrected chi connectivity index (χ3v) is 4.20. The van der Waals surface area contributed by atoms with Crippen molar-refractivity contribution in [3.8, 4) is 0 Å². The number of H-pyrrole nitrogens is 1. The second-order valence-corrected chi connectivity index (χ2v) is 5.93. The monoisotopic (exact) mass is 326 g/mol. The molecule has 1 amide bonds. The summed E-state index contributed by atoms with van der Waals surface area (Å²) < 4.78 is 1.59. The van der Waals surface area contributed by atoms with Gasteiger partial charge in [-0.1, -0.05) is 12.1 Å². The number of rotatable bonds is 6. The van der Waals surface area contributed by atoms with Gasteiger partial charge in [-0.25, -0.2) is 0 Å². The highest BCUT2D eigenvalue weighted by molar-refractivity contribution is 5.95. The predicted octanol–water partition coefficient (Wildman–Crippen LogP) is 1.95. The Bertz CT molecular complexity index is 863. The Hall–Kier alpha value is -2.60. The smallest absolute Gasteiger partial charge is 0.254 e. The van der Waals surface area contributed by atoms with Crippen LogP contribution in [0.15, 0.2) is 30.6 Å². The van der Waals surface area contributed by atoms with Crippen molar-refractivity contribution >= 4 is 16.8 Å². The van der Waals surface area contributed by atoms with Gasteiger partial charge in [-0.2, -0.15) is 5.10 Å². The van der Waals surface area contributed by atoms with E-state index in [0.717, 1.165) is 11.9 Å². The quantitative estimate of drug-likeness (QED) is 0.647. The number of aryl methyl sites for hydroxylation is 2. The van der Waals surface area contributed by atoms with E-state index >= 15 is 0 Å². The van der Waals surface area contributed by atoms with Crippen LogP contribution in [0, 0.1) is 13.8 Å². The molecule has 0 aliphatic heterocycles. The molecule has 126 valence electrons. The van der Waals surface area contributed by atoms with Gasteiger partial charge in [0.05, 0.1) is 24.4 Å². The van der Waals surface area contributed by atoms with E-state index in [1.807, 2.05) is 12.3 Å². The average Bonchev–Trinajstić information content (AvgIpc) is 3.12. The number of aromatic amines is 1. The first-order chi connectivity index (χ1) is 11.6. The van der Waals surface area contributed by atoms with Crippen LogP contribution >= 0.6 is 0 Å². The zero-order valence-corrected chi connectivity index (χ0v) is 14.0. The molecule has 3 aromatic rings. The van der Waals surface area contributed by atoms with Crippen molar-refractivity contribution in [3.63, 3.8) is 0 Å². The summed E-state index contributed by atoms with van der Waals surface area (Å²) in [6, 6.07) is 6.19. The van der Waals surface area contributed by atoms with Crippen molar-refractivity contribution < 1.29 is 9.90 Å². The lowest BCUT2D eigenvalue weighted by atomic mass is 10.1. The van der Waals surface area contributed by atoms with Gasteiger partial charge in [-0.15, -0.1) is 0 Å². The number of nitrogens with zero attached hydrogens (tertiary/aromatic N) is 2. The Morgan fingerprint density at radius 3 is 3.00 bits per heavy atom. The number of carbonyl (C=O) groups excluding carboxylic acids is 1. The Labute approximate surface area is 140 Å². The van der Waals surface area contributed by atoms with Crippen LogP contribution in [0.3, 0.4) is 0 Å². The van der Waals surface area contributed by atoms with Gasteiger partial charge in [-0.3, -0.25) is 9.48 Å². The fourth-order valence-corrected chi connectivity index (χ4v) is 3.01. The highest BCUT2D eigenvalue weighted by atomic mass is 16.3. The minimum absolute atomic E-state index is 0.00208. The Balaban J connectivity index is 1.64. The van der Waals surface area contributed by atoms with Gasteiger partial charge in [0.1, 0.15) is 0 Å². The van der Waals surface area contributed by atoms with Crippen molar-refractivity contribution in [2.45, 2.75) is 26.8 Å². The second kappa shape index (κ2) is 6.88. The summed E-state index contributed by atoms with van der Waals surface area (Å²) >= 11 is 0. The summed E-state index contributed by atoms with van der Waals surface area (Å²) in [5, 5.41) is 17.4. The zero-order valence-electron chi connectivity index (χ0n) is 14.0. The normalized spacial score (nSPS) is 11.1. The van der Waals surface area contributed by atoms with E-state index < -0.39 is 0 Å². The average molecular weight is 326 g/mol. The van der Waals surface area contributed by atoms with Crippen LogP contribution in [0.25, 0.3) is 10.9 Å². The van der Waals surface area contributed by atoms with Gasteiger partial charge in [-0.05, 0) is 37.5 Å². The number of hydrogen-bond donors (Lipinski definition) is 3. The molecular weight excluding hydrogens is 304 g/mol. The van der Waals surface area contributed by atoms with Gasteiger partial charge in [0.25, 0.3) is 5.91 Å². The molecule has 1 aromatic carbocycles. The number of nitrogens with one attached hydrogen (secondary N) is 2. The van der Waals surface area contributed by atoms with Crippen LogP contribution in [-0.4, -0.2) is 38.9 Å². The Morgan fingerprint density at radius 1 is 1.38 bits per heavy atom. The topological polar surface area (TPSA) is 82.9 Å². The molecule has 24 heavy (non-hydrogen) atoms. The predicted molar refractivity (Wildman–Crippen MR) is 93.1 cm³/mol. The largest absolute Gasteiger partial charge is 0.394 e. The second-order valence-electron chi connectivity index (χ2n) is 5.93. The molecule has 3 rings (SSSR count). The SMILES string of the molecule is Cc1nn(CCO)cc1C(=O)NCCc1c[nH]c2cccc(C)c12. The fourth-order valence-electron chi connectivity index (χ4n) is 3.01. The summed E-state index contributed by atoms with van der Waals surface area (Å²) in [6.45, 7) is 4.85. The van der Waals surface area contributed by atoms with Crippen LogP contribution < -0.4 is 5.32 Å². The van der Waals surface area contributed by atoms with Crippen molar-refractivity contribution in [1.82, 2.24) is 20.1 Å². The number of amides is 1.